The molecule has 0 atom stereocenters. The van der Waals surface area contributed by atoms with E-state index in [4.69, 9.17) is 4.42 Å². The summed E-state index contributed by atoms with van der Waals surface area (Å²) in [5.41, 5.74) is 0.419. The van der Waals surface area contributed by atoms with Gasteiger partial charge in [0.05, 0.1) is 17.5 Å². The maximum atomic E-state index is 12.3. The number of hydrogen-bond acceptors (Lipinski definition) is 6. The minimum atomic E-state index is -3.69. The number of carbonyl (C=O) groups is 1. The highest BCUT2D eigenvalue weighted by molar-refractivity contribution is 7.89. The predicted molar refractivity (Wildman–Crippen MR) is 87.1 cm³/mol. The van der Waals surface area contributed by atoms with Crippen LogP contribution < -0.4 is 10.5 Å². The standard InChI is InChI=1S/C15H20N2O6S/c1-10(2)6-7-16-24(20,21)11-4-5-12-13(8-11)23-15(19)17(12)9-14(18)22-3/h4-5,8,10,16H,6-7,9H2,1-3H3. The molecule has 0 radical (unpaired) electrons. The fourth-order valence-electron chi connectivity index (χ4n) is 2.12. The molecule has 1 aromatic heterocycles. The lowest BCUT2D eigenvalue weighted by molar-refractivity contribution is -0.141. The number of aromatic nitrogens is 1. The van der Waals surface area contributed by atoms with Gasteiger partial charge in [-0.15, -0.1) is 0 Å². The third-order valence-corrected chi connectivity index (χ3v) is 4.94. The van der Waals surface area contributed by atoms with Gasteiger partial charge in [0.25, 0.3) is 0 Å². The lowest BCUT2D eigenvalue weighted by Gasteiger charge is -2.08. The van der Waals surface area contributed by atoms with E-state index in [1.807, 2.05) is 13.8 Å². The normalized spacial score (nSPS) is 12.0. The molecular weight excluding hydrogens is 336 g/mol. The minimum absolute atomic E-state index is 0.00211. The first-order chi connectivity index (χ1) is 11.2. The summed E-state index contributed by atoms with van der Waals surface area (Å²) < 4.78 is 37.7. The fourth-order valence-corrected chi connectivity index (χ4v) is 3.19. The second-order valence-corrected chi connectivity index (χ2v) is 7.51. The Labute approximate surface area is 139 Å². The van der Waals surface area contributed by atoms with Crippen LogP contribution in [0.15, 0.2) is 32.3 Å². The molecule has 0 aliphatic carbocycles. The highest BCUT2D eigenvalue weighted by Crippen LogP contribution is 2.18. The Kier molecular flexibility index (Phi) is 5.45. The summed E-state index contributed by atoms with van der Waals surface area (Å²) in [5, 5.41) is 0. The van der Waals surface area contributed by atoms with E-state index in [0.717, 1.165) is 4.57 Å². The molecule has 1 N–H and O–H groups in total. The van der Waals surface area contributed by atoms with Crippen LogP contribution in [0.25, 0.3) is 11.1 Å². The van der Waals surface area contributed by atoms with E-state index in [9.17, 15) is 18.0 Å². The zero-order chi connectivity index (χ0) is 17.9. The van der Waals surface area contributed by atoms with Crippen molar-refractivity contribution in [3.8, 4) is 0 Å². The number of rotatable bonds is 7. The summed E-state index contributed by atoms with van der Waals surface area (Å²) in [5.74, 6) is -0.981. The molecule has 2 rings (SSSR count). The molecule has 0 aliphatic heterocycles. The fraction of sp³-hybridized carbons (Fsp3) is 0.467. The predicted octanol–water partition coefficient (Wildman–Crippen LogP) is 1.09. The first-order valence-electron chi connectivity index (χ1n) is 7.44. The zero-order valence-corrected chi connectivity index (χ0v) is 14.6. The number of nitrogens with one attached hydrogen (secondary N) is 1. The molecule has 2 aromatic rings. The summed E-state index contributed by atoms with van der Waals surface area (Å²) in [6.45, 7) is 4.02. The Morgan fingerprint density at radius 2 is 2.08 bits per heavy atom. The molecule has 8 nitrogen and oxygen atoms in total. The van der Waals surface area contributed by atoms with Gasteiger partial charge in [0.1, 0.15) is 6.54 Å². The number of esters is 1. The van der Waals surface area contributed by atoms with Crippen LogP contribution in [0.1, 0.15) is 20.3 Å². The second-order valence-electron chi connectivity index (χ2n) is 5.74. The molecule has 0 amide bonds. The molecule has 0 aliphatic rings. The number of nitrogens with zero attached hydrogens (tertiary/aromatic N) is 1. The lowest BCUT2D eigenvalue weighted by Crippen LogP contribution is -2.25. The van der Waals surface area contributed by atoms with Gasteiger partial charge < -0.3 is 9.15 Å². The van der Waals surface area contributed by atoms with Gasteiger partial charge in [0.15, 0.2) is 5.58 Å². The number of ether oxygens (including phenoxy) is 1. The Hall–Kier alpha value is -2.13. The number of fused-ring (bicyclic) bond motifs is 1. The van der Waals surface area contributed by atoms with E-state index < -0.39 is 21.7 Å². The Bertz CT molecular complexity index is 894. The van der Waals surface area contributed by atoms with Crippen LogP contribution in [0, 0.1) is 5.92 Å². The average molecular weight is 356 g/mol. The molecule has 9 heteroatoms. The van der Waals surface area contributed by atoms with Crippen LogP contribution >= 0.6 is 0 Å². The molecule has 24 heavy (non-hydrogen) atoms. The maximum Gasteiger partial charge on any atom is 0.420 e. The molecule has 0 saturated carbocycles. The van der Waals surface area contributed by atoms with Crippen LogP contribution in [0.4, 0.5) is 0 Å². The smallest absolute Gasteiger partial charge is 0.420 e. The van der Waals surface area contributed by atoms with E-state index in [1.54, 1.807) is 0 Å². The Morgan fingerprint density at radius 1 is 1.38 bits per heavy atom. The molecule has 0 saturated heterocycles. The number of sulfonamides is 1. The highest BCUT2D eigenvalue weighted by atomic mass is 32.2. The van der Waals surface area contributed by atoms with Gasteiger partial charge in [0, 0.05) is 12.6 Å². The summed E-state index contributed by atoms with van der Waals surface area (Å²) in [6, 6.07) is 4.06. The summed E-state index contributed by atoms with van der Waals surface area (Å²) in [4.78, 5) is 23.2. The largest absolute Gasteiger partial charge is 0.468 e. The van der Waals surface area contributed by atoms with Crippen molar-refractivity contribution in [1.29, 1.82) is 0 Å². The SMILES string of the molecule is COC(=O)Cn1c(=O)oc2cc(S(=O)(=O)NCCC(C)C)ccc21. The molecule has 0 spiro atoms. The third kappa shape index (κ3) is 4.04. The average Bonchev–Trinajstić information content (AvgIpc) is 2.81. The number of carbonyl (C=O) groups excluding carboxylic acids is 1. The first kappa shape index (κ1) is 18.2. The van der Waals surface area contributed by atoms with Crippen LogP contribution in [-0.4, -0.2) is 32.6 Å². The van der Waals surface area contributed by atoms with Crippen molar-refractivity contribution < 1.29 is 22.4 Å². The van der Waals surface area contributed by atoms with Crippen molar-refractivity contribution in [3.63, 3.8) is 0 Å². The summed E-state index contributed by atoms with van der Waals surface area (Å²) >= 11 is 0. The lowest BCUT2D eigenvalue weighted by atomic mass is 10.1. The van der Waals surface area contributed by atoms with E-state index in [-0.39, 0.29) is 17.0 Å². The van der Waals surface area contributed by atoms with Gasteiger partial charge in [-0.25, -0.2) is 17.9 Å². The monoisotopic (exact) mass is 356 g/mol. The topological polar surface area (TPSA) is 108 Å². The molecule has 1 heterocycles. The van der Waals surface area contributed by atoms with Gasteiger partial charge >= 0.3 is 11.7 Å². The number of oxazole rings is 1. The van der Waals surface area contributed by atoms with E-state index in [2.05, 4.69) is 9.46 Å². The molecule has 0 fully saturated rings. The maximum absolute atomic E-state index is 12.3. The number of hydrogen-bond donors (Lipinski definition) is 1. The molecule has 132 valence electrons. The summed E-state index contributed by atoms with van der Waals surface area (Å²) in [6.07, 6.45) is 0.714. The van der Waals surface area contributed by atoms with Gasteiger partial charge in [0.2, 0.25) is 10.0 Å². The quantitative estimate of drug-likeness (QED) is 0.744. The van der Waals surface area contributed by atoms with Crippen LogP contribution in [0.2, 0.25) is 0 Å². The highest BCUT2D eigenvalue weighted by Gasteiger charge is 2.18. The van der Waals surface area contributed by atoms with E-state index in [0.29, 0.717) is 24.4 Å². The van der Waals surface area contributed by atoms with Crippen molar-refractivity contribution in [1.82, 2.24) is 9.29 Å². The van der Waals surface area contributed by atoms with Crippen molar-refractivity contribution in [2.45, 2.75) is 31.7 Å². The van der Waals surface area contributed by atoms with Crippen molar-refractivity contribution in [3.05, 3.63) is 28.7 Å². The Balaban J connectivity index is 2.32. The Morgan fingerprint density at radius 3 is 2.71 bits per heavy atom. The zero-order valence-electron chi connectivity index (χ0n) is 13.7. The van der Waals surface area contributed by atoms with Crippen LogP contribution in [-0.2, 0) is 26.1 Å². The minimum Gasteiger partial charge on any atom is -0.468 e. The van der Waals surface area contributed by atoms with Gasteiger partial charge in [-0.3, -0.25) is 9.36 Å². The van der Waals surface area contributed by atoms with Crippen LogP contribution in [0.5, 0.6) is 0 Å². The van der Waals surface area contributed by atoms with Crippen molar-refractivity contribution in [2.24, 2.45) is 5.92 Å². The van der Waals surface area contributed by atoms with Gasteiger partial charge in [-0.1, -0.05) is 13.8 Å². The second kappa shape index (κ2) is 7.18. The van der Waals surface area contributed by atoms with Crippen molar-refractivity contribution >= 4 is 27.1 Å². The third-order valence-electron chi connectivity index (χ3n) is 3.48. The summed E-state index contributed by atoms with van der Waals surface area (Å²) in [7, 11) is -2.48. The van der Waals surface area contributed by atoms with E-state index in [1.165, 1.54) is 25.3 Å². The first-order valence-corrected chi connectivity index (χ1v) is 8.93. The van der Waals surface area contributed by atoms with Gasteiger partial charge in [-0.05, 0) is 24.5 Å². The number of benzene rings is 1. The molecule has 0 bridgehead atoms. The van der Waals surface area contributed by atoms with Crippen LogP contribution in [0.3, 0.4) is 0 Å². The molecule has 1 aromatic carbocycles. The number of methoxy groups -OCH3 is 1. The molecular formula is C15H20N2O6S. The van der Waals surface area contributed by atoms with Crippen molar-refractivity contribution in [2.75, 3.05) is 13.7 Å². The van der Waals surface area contributed by atoms with Gasteiger partial charge in [-0.2, -0.15) is 0 Å². The van der Waals surface area contributed by atoms with E-state index >= 15 is 0 Å². The molecule has 0 unspecified atom stereocenters.